The summed E-state index contributed by atoms with van der Waals surface area (Å²) >= 11 is 5.96. The van der Waals surface area contributed by atoms with Gasteiger partial charge in [-0.05, 0) is 32.9 Å². The minimum absolute atomic E-state index is 0.104. The van der Waals surface area contributed by atoms with E-state index in [9.17, 15) is 4.79 Å². The van der Waals surface area contributed by atoms with E-state index in [2.05, 4.69) is 0 Å². The second-order valence-electron chi connectivity index (χ2n) is 4.17. The lowest BCUT2D eigenvalue weighted by Gasteiger charge is -2.25. The molecule has 0 fully saturated rings. The van der Waals surface area contributed by atoms with Crippen LogP contribution in [0.5, 0.6) is 5.75 Å². The van der Waals surface area contributed by atoms with Gasteiger partial charge in [0.15, 0.2) is 0 Å². The van der Waals surface area contributed by atoms with Crippen LogP contribution in [0.15, 0.2) is 24.3 Å². The molecule has 0 saturated carbocycles. The lowest BCUT2D eigenvalue weighted by Crippen LogP contribution is -2.30. The molecule has 0 atom stereocenters. The van der Waals surface area contributed by atoms with E-state index < -0.39 is 5.60 Å². The van der Waals surface area contributed by atoms with Gasteiger partial charge >= 0.3 is 0 Å². The van der Waals surface area contributed by atoms with Gasteiger partial charge in [-0.15, -0.1) is 0 Å². The molecule has 0 aliphatic carbocycles. The van der Waals surface area contributed by atoms with Crippen LogP contribution in [0.2, 0.25) is 5.02 Å². The van der Waals surface area contributed by atoms with E-state index in [1.165, 1.54) is 0 Å². The molecule has 0 radical (unpaired) electrons. The maximum Gasteiger partial charge on any atom is 0.138 e. The number of hydrogen-bond donors (Lipinski definition) is 0. The van der Waals surface area contributed by atoms with Crippen molar-refractivity contribution < 1.29 is 9.53 Å². The predicted octanol–water partition coefficient (Wildman–Crippen LogP) is 3.48. The van der Waals surface area contributed by atoms with Crippen molar-refractivity contribution in [2.24, 2.45) is 0 Å². The van der Waals surface area contributed by atoms with E-state index in [-0.39, 0.29) is 5.78 Å². The van der Waals surface area contributed by atoms with Crippen molar-refractivity contribution in [3.05, 3.63) is 29.3 Å². The smallest absolute Gasteiger partial charge is 0.138 e. The van der Waals surface area contributed by atoms with E-state index in [1.54, 1.807) is 19.1 Å². The number of hydrogen-bond acceptors (Lipinski definition) is 2. The monoisotopic (exact) mass is 226 g/mol. The summed E-state index contributed by atoms with van der Waals surface area (Å²) in [6.45, 7) is 5.30. The first-order valence-corrected chi connectivity index (χ1v) is 5.21. The number of ether oxygens (including phenoxy) is 1. The molecule has 0 saturated heterocycles. The molecular weight excluding hydrogens is 212 g/mol. The topological polar surface area (TPSA) is 26.3 Å². The summed E-state index contributed by atoms with van der Waals surface area (Å²) < 4.78 is 5.69. The third kappa shape index (κ3) is 3.92. The van der Waals surface area contributed by atoms with Gasteiger partial charge in [0.1, 0.15) is 17.1 Å². The molecule has 1 aromatic carbocycles. The molecule has 0 unspecified atom stereocenters. The van der Waals surface area contributed by atoms with E-state index in [1.807, 2.05) is 26.0 Å². The Morgan fingerprint density at radius 2 is 2.00 bits per heavy atom. The quantitative estimate of drug-likeness (QED) is 0.786. The van der Waals surface area contributed by atoms with Gasteiger partial charge in [-0.3, -0.25) is 4.79 Å². The van der Waals surface area contributed by atoms with Gasteiger partial charge in [-0.1, -0.05) is 23.7 Å². The minimum Gasteiger partial charge on any atom is -0.486 e. The largest absolute Gasteiger partial charge is 0.486 e. The Morgan fingerprint density at radius 3 is 2.53 bits per heavy atom. The number of carbonyl (C=O) groups excluding carboxylic acids is 1. The molecule has 0 amide bonds. The zero-order valence-electron chi connectivity index (χ0n) is 9.21. The standard InChI is InChI=1S/C12H15ClO2/c1-9(14)8-12(2,3)15-11-7-5-4-6-10(11)13/h4-7H,8H2,1-3H3. The normalized spacial score (nSPS) is 11.2. The van der Waals surface area contributed by atoms with Gasteiger partial charge in [-0.25, -0.2) is 0 Å². The van der Waals surface area contributed by atoms with Crippen LogP contribution >= 0.6 is 11.6 Å². The molecule has 3 heteroatoms. The lowest BCUT2D eigenvalue weighted by molar-refractivity contribution is -0.120. The summed E-state index contributed by atoms with van der Waals surface area (Å²) in [6.07, 6.45) is 0.373. The van der Waals surface area contributed by atoms with Gasteiger partial charge in [0.05, 0.1) is 5.02 Å². The van der Waals surface area contributed by atoms with Crippen molar-refractivity contribution in [3.63, 3.8) is 0 Å². The number of rotatable bonds is 4. The highest BCUT2D eigenvalue weighted by Crippen LogP contribution is 2.28. The van der Waals surface area contributed by atoms with Gasteiger partial charge in [0.2, 0.25) is 0 Å². The SMILES string of the molecule is CC(=O)CC(C)(C)Oc1ccccc1Cl. The molecule has 0 aromatic heterocycles. The summed E-state index contributed by atoms with van der Waals surface area (Å²) in [5, 5.41) is 0.564. The molecule has 82 valence electrons. The van der Waals surface area contributed by atoms with Crippen molar-refractivity contribution in [2.45, 2.75) is 32.8 Å². The van der Waals surface area contributed by atoms with Crippen LogP contribution in [0, 0.1) is 0 Å². The summed E-state index contributed by atoms with van der Waals surface area (Å²) in [7, 11) is 0. The zero-order valence-corrected chi connectivity index (χ0v) is 9.97. The predicted molar refractivity (Wildman–Crippen MR) is 61.5 cm³/mol. The van der Waals surface area contributed by atoms with Gasteiger partial charge in [-0.2, -0.15) is 0 Å². The molecule has 0 aliphatic heterocycles. The Kier molecular flexibility index (Phi) is 3.75. The number of ketones is 1. The first kappa shape index (κ1) is 12.1. The maximum atomic E-state index is 11.0. The third-order valence-corrected chi connectivity index (χ3v) is 2.21. The molecule has 1 rings (SSSR count). The third-order valence-electron chi connectivity index (χ3n) is 1.90. The Bertz CT molecular complexity index is 358. The fourth-order valence-corrected chi connectivity index (χ4v) is 1.64. The number of benzene rings is 1. The Balaban J connectivity index is 2.77. The van der Waals surface area contributed by atoms with Crippen molar-refractivity contribution in [2.75, 3.05) is 0 Å². The van der Waals surface area contributed by atoms with E-state index in [0.29, 0.717) is 17.2 Å². The van der Waals surface area contributed by atoms with Crippen LogP contribution in [-0.2, 0) is 4.79 Å². The summed E-state index contributed by atoms with van der Waals surface area (Å²) in [5.74, 6) is 0.720. The molecule has 0 spiro atoms. The van der Waals surface area contributed by atoms with Crippen LogP contribution < -0.4 is 4.74 Å². The van der Waals surface area contributed by atoms with Gasteiger partial charge in [0, 0.05) is 6.42 Å². The summed E-state index contributed by atoms with van der Waals surface area (Å²) in [5.41, 5.74) is -0.517. The highest BCUT2D eigenvalue weighted by molar-refractivity contribution is 6.32. The van der Waals surface area contributed by atoms with E-state index in [4.69, 9.17) is 16.3 Å². The molecular formula is C12H15ClO2. The summed E-state index contributed by atoms with van der Waals surface area (Å²) in [4.78, 5) is 11.0. The van der Waals surface area contributed by atoms with Crippen LogP contribution in [-0.4, -0.2) is 11.4 Å². The molecule has 0 N–H and O–H groups in total. The van der Waals surface area contributed by atoms with Crippen molar-refractivity contribution in [3.8, 4) is 5.75 Å². The highest BCUT2D eigenvalue weighted by Gasteiger charge is 2.22. The Morgan fingerprint density at radius 1 is 1.40 bits per heavy atom. The number of carbonyl (C=O) groups is 1. The first-order valence-electron chi connectivity index (χ1n) is 4.84. The van der Waals surface area contributed by atoms with E-state index in [0.717, 1.165) is 0 Å². The average molecular weight is 227 g/mol. The molecule has 15 heavy (non-hydrogen) atoms. The van der Waals surface area contributed by atoms with Crippen molar-refractivity contribution >= 4 is 17.4 Å². The number of halogens is 1. The molecule has 0 aliphatic rings. The lowest BCUT2D eigenvalue weighted by atomic mass is 10.0. The fraction of sp³-hybridized carbons (Fsp3) is 0.417. The maximum absolute atomic E-state index is 11.0. The van der Waals surface area contributed by atoms with Gasteiger partial charge in [0.25, 0.3) is 0 Å². The summed E-state index contributed by atoms with van der Waals surface area (Å²) in [6, 6.07) is 7.25. The van der Waals surface area contributed by atoms with E-state index >= 15 is 0 Å². The van der Waals surface area contributed by atoms with Crippen molar-refractivity contribution in [1.29, 1.82) is 0 Å². The van der Waals surface area contributed by atoms with Crippen LogP contribution in [0.1, 0.15) is 27.2 Å². The molecule has 2 nitrogen and oxygen atoms in total. The molecule has 1 aromatic rings. The fourth-order valence-electron chi connectivity index (χ4n) is 1.46. The average Bonchev–Trinajstić information content (AvgIpc) is 2.06. The highest BCUT2D eigenvalue weighted by atomic mass is 35.5. The Labute approximate surface area is 95.2 Å². The number of para-hydroxylation sites is 1. The van der Waals surface area contributed by atoms with Crippen molar-refractivity contribution in [1.82, 2.24) is 0 Å². The van der Waals surface area contributed by atoms with Crippen LogP contribution in [0.3, 0.4) is 0 Å². The Hall–Kier alpha value is -1.02. The zero-order chi connectivity index (χ0) is 11.5. The number of Topliss-reactive ketones (excluding diaryl/α,β-unsaturated/α-hetero) is 1. The second kappa shape index (κ2) is 4.67. The molecule has 0 bridgehead atoms. The minimum atomic E-state index is -0.517. The van der Waals surface area contributed by atoms with Gasteiger partial charge < -0.3 is 4.74 Å². The second-order valence-corrected chi connectivity index (χ2v) is 4.58. The van der Waals surface area contributed by atoms with Crippen LogP contribution in [0.4, 0.5) is 0 Å². The van der Waals surface area contributed by atoms with Crippen LogP contribution in [0.25, 0.3) is 0 Å². The first-order chi connectivity index (χ1) is 6.91. The molecule has 0 heterocycles.